The van der Waals surface area contributed by atoms with E-state index in [9.17, 15) is 8.78 Å². The molecule has 0 unspecified atom stereocenters. The quantitative estimate of drug-likeness (QED) is 0.629. The molecule has 0 aliphatic carbocycles. The maximum absolute atomic E-state index is 12.3. The minimum atomic E-state index is -2.37. The maximum atomic E-state index is 12.3. The molecule has 2 nitrogen and oxygen atoms in total. The van der Waals surface area contributed by atoms with E-state index in [1.807, 2.05) is 25.7 Å². The standard InChI is InChI=1S/C9H17F2NO/c1-9(2,3)12-4-5-13-7(6-12)8(10)11/h7-8H,4-6H2,1-3H3/t7-/m1/s1. The van der Waals surface area contributed by atoms with Gasteiger partial charge in [-0.15, -0.1) is 0 Å². The third kappa shape index (κ3) is 2.88. The molecule has 0 bridgehead atoms. The van der Waals surface area contributed by atoms with Crippen molar-refractivity contribution in [3.63, 3.8) is 0 Å². The molecule has 1 atom stereocenters. The minimum absolute atomic E-state index is 0.0447. The van der Waals surface area contributed by atoms with E-state index in [1.165, 1.54) is 0 Å². The summed E-state index contributed by atoms with van der Waals surface area (Å²) in [7, 11) is 0. The second kappa shape index (κ2) is 3.88. The van der Waals surface area contributed by atoms with Crippen molar-refractivity contribution in [3.8, 4) is 0 Å². The Morgan fingerprint density at radius 1 is 1.38 bits per heavy atom. The molecule has 1 fully saturated rings. The molecule has 1 aliphatic rings. The lowest BCUT2D eigenvalue weighted by Crippen LogP contribution is -2.53. The van der Waals surface area contributed by atoms with Gasteiger partial charge in [0, 0.05) is 18.6 Å². The lowest BCUT2D eigenvalue weighted by Gasteiger charge is -2.41. The van der Waals surface area contributed by atoms with Crippen LogP contribution in [0.25, 0.3) is 0 Å². The van der Waals surface area contributed by atoms with Gasteiger partial charge >= 0.3 is 0 Å². The molecular formula is C9H17F2NO. The fourth-order valence-corrected chi connectivity index (χ4v) is 1.44. The smallest absolute Gasteiger partial charge is 0.265 e. The molecule has 0 aromatic carbocycles. The van der Waals surface area contributed by atoms with Crippen LogP contribution in [0.15, 0.2) is 0 Å². The number of ether oxygens (including phenoxy) is 1. The average molecular weight is 193 g/mol. The summed E-state index contributed by atoms with van der Waals surface area (Å²) in [4.78, 5) is 2.04. The fraction of sp³-hybridized carbons (Fsp3) is 1.00. The van der Waals surface area contributed by atoms with Crippen molar-refractivity contribution in [2.45, 2.75) is 38.8 Å². The Hall–Kier alpha value is -0.220. The first-order chi connectivity index (χ1) is 5.91. The Morgan fingerprint density at radius 2 is 2.00 bits per heavy atom. The molecule has 1 saturated heterocycles. The predicted octanol–water partition coefficient (Wildman–Crippen LogP) is 1.75. The number of nitrogens with zero attached hydrogens (tertiary/aromatic N) is 1. The summed E-state index contributed by atoms with van der Waals surface area (Å²) in [6.45, 7) is 7.57. The van der Waals surface area contributed by atoms with Crippen LogP contribution in [0.3, 0.4) is 0 Å². The van der Waals surface area contributed by atoms with Gasteiger partial charge in [-0.2, -0.15) is 0 Å². The summed E-state index contributed by atoms with van der Waals surface area (Å²) in [6.07, 6.45) is -3.28. The molecule has 13 heavy (non-hydrogen) atoms. The Balaban J connectivity index is 2.52. The van der Waals surface area contributed by atoms with Crippen LogP contribution >= 0.6 is 0 Å². The number of hydrogen-bond acceptors (Lipinski definition) is 2. The average Bonchev–Trinajstić information content (AvgIpc) is 2.03. The summed E-state index contributed by atoms with van der Waals surface area (Å²) in [5.74, 6) is 0. The Kier molecular flexibility index (Phi) is 3.24. The molecule has 0 aromatic rings. The monoisotopic (exact) mass is 193 g/mol. The molecule has 4 heteroatoms. The summed E-state index contributed by atoms with van der Waals surface area (Å²) in [5, 5.41) is 0. The van der Waals surface area contributed by atoms with Crippen LogP contribution in [0.2, 0.25) is 0 Å². The van der Waals surface area contributed by atoms with Gasteiger partial charge in [-0.25, -0.2) is 8.78 Å². The zero-order valence-corrected chi connectivity index (χ0v) is 8.39. The molecular weight excluding hydrogens is 176 g/mol. The van der Waals surface area contributed by atoms with Crippen molar-refractivity contribution in [1.29, 1.82) is 0 Å². The molecule has 0 aromatic heterocycles. The third-order valence-electron chi connectivity index (χ3n) is 2.32. The van der Waals surface area contributed by atoms with E-state index in [1.54, 1.807) is 0 Å². The van der Waals surface area contributed by atoms with Gasteiger partial charge in [0.15, 0.2) is 0 Å². The highest BCUT2D eigenvalue weighted by atomic mass is 19.3. The summed E-state index contributed by atoms with van der Waals surface area (Å²) < 4.78 is 29.6. The van der Waals surface area contributed by atoms with Crippen LogP contribution in [0.4, 0.5) is 8.78 Å². The third-order valence-corrected chi connectivity index (χ3v) is 2.32. The van der Waals surface area contributed by atoms with Crippen LogP contribution < -0.4 is 0 Å². The zero-order valence-electron chi connectivity index (χ0n) is 8.39. The first-order valence-corrected chi connectivity index (χ1v) is 4.56. The summed E-state index contributed by atoms with van der Waals surface area (Å²) in [5.41, 5.74) is -0.0447. The van der Waals surface area contributed by atoms with E-state index in [-0.39, 0.29) is 5.54 Å². The molecule has 0 amide bonds. The molecule has 0 radical (unpaired) electrons. The van der Waals surface area contributed by atoms with Gasteiger partial charge in [-0.05, 0) is 20.8 Å². The van der Waals surface area contributed by atoms with E-state index >= 15 is 0 Å². The Labute approximate surface area is 77.9 Å². The Morgan fingerprint density at radius 3 is 2.46 bits per heavy atom. The largest absolute Gasteiger partial charge is 0.370 e. The highest BCUT2D eigenvalue weighted by molar-refractivity contribution is 4.82. The minimum Gasteiger partial charge on any atom is -0.370 e. The molecule has 78 valence electrons. The van der Waals surface area contributed by atoms with Gasteiger partial charge in [-0.1, -0.05) is 0 Å². The van der Waals surface area contributed by atoms with Crippen molar-refractivity contribution < 1.29 is 13.5 Å². The molecule has 1 aliphatic heterocycles. The highest BCUT2D eigenvalue weighted by Gasteiger charge is 2.32. The van der Waals surface area contributed by atoms with Crippen LogP contribution in [0, 0.1) is 0 Å². The molecule has 0 spiro atoms. The van der Waals surface area contributed by atoms with E-state index in [2.05, 4.69) is 0 Å². The van der Waals surface area contributed by atoms with Gasteiger partial charge in [0.1, 0.15) is 6.10 Å². The van der Waals surface area contributed by atoms with E-state index in [0.717, 1.165) is 6.54 Å². The predicted molar refractivity (Wildman–Crippen MR) is 47.1 cm³/mol. The normalized spacial score (nSPS) is 26.8. The van der Waals surface area contributed by atoms with Gasteiger partial charge < -0.3 is 4.74 Å². The van der Waals surface area contributed by atoms with Crippen LogP contribution in [0.5, 0.6) is 0 Å². The first kappa shape index (κ1) is 10.9. The second-order valence-electron chi connectivity index (χ2n) is 4.36. The summed E-state index contributed by atoms with van der Waals surface area (Å²) >= 11 is 0. The van der Waals surface area contributed by atoms with Gasteiger partial charge in [-0.3, -0.25) is 4.90 Å². The van der Waals surface area contributed by atoms with Crippen LogP contribution in [-0.4, -0.2) is 42.7 Å². The van der Waals surface area contributed by atoms with Gasteiger partial charge in [0.2, 0.25) is 0 Å². The van der Waals surface area contributed by atoms with Gasteiger partial charge in [0.25, 0.3) is 6.43 Å². The lowest BCUT2D eigenvalue weighted by atomic mass is 10.0. The number of rotatable bonds is 1. The van der Waals surface area contributed by atoms with E-state index < -0.39 is 12.5 Å². The van der Waals surface area contributed by atoms with Gasteiger partial charge in [0.05, 0.1) is 6.61 Å². The number of morpholine rings is 1. The van der Waals surface area contributed by atoms with Crippen molar-refractivity contribution in [2.75, 3.05) is 19.7 Å². The molecule has 0 saturated carbocycles. The molecule has 1 rings (SSSR count). The zero-order chi connectivity index (χ0) is 10.1. The molecule has 0 N–H and O–H groups in total. The van der Waals surface area contributed by atoms with Crippen molar-refractivity contribution >= 4 is 0 Å². The highest BCUT2D eigenvalue weighted by Crippen LogP contribution is 2.20. The lowest BCUT2D eigenvalue weighted by molar-refractivity contribution is -0.118. The summed E-state index contributed by atoms with van der Waals surface area (Å²) in [6, 6.07) is 0. The fourth-order valence-electron chi connectivity index (χ4n) is 1.44. The second-order valence-corrected chi connectivity index (χ2v) is 4.36. The van der Waals surface area contributed by atoms with Crippen molar-refractivity contribution in [3.05, 3.63) is 0 Å². The van der Waals surface area contributed by atoms with E-state index in [4.69, 9.17) is 4.74 Å². The van der Waals surface area contributed by atoms with E-state index in [0.29, 0.717) is 13.2 Å². The SMILES string of the molecule is CC(C)(C)N1CCO[C@@H](C(F)F)C1. The topological polar surface area (TPSA) is 12.5 Å². The number of halogens is 2. The number of hydrogen-bond donors (Lipinski definition) is 0. The first-order valence-electron chi connectivity index (χ1n) is 4.56. The van der Waals surface area contributed by atoms with Crippen LogP contribution in [0.1, 0.15) is 20.8 Å². The molecule has 1 heterocycles. The maximum Gasteiger partial charge on any atom is 0.265 e. The van der Waals surface area contributed by atoms with Crippen molar-refractivity contribution in [1.82, 2.24) is 4.90 Å². The van der Waals surface area contributed by atoms with Crippen LogP contribution in [-0.2, 0) is 4.74 Å². The van der Waals surface area contributed by atoms with Crippen molar-refractivity contribution in [2.24, 2.45) is 0 Å². The number of alkyl halides is 2. The Bertz CT molecular complexity index is 167.